The molecule has 0 aliphatic heterocycles. The summed E-state index contributed by atoms with van der Waals surface area (Å²) in [6, 6.07) is 4.65. The monoisotopic (exact) mass is 285 g/mol. The molecule has 1 aromatic rings. The van der Waals surface area contributed by atoms with Crippen molar-refractivity contribution in [1.82, 2.24) is 0 Å². The van der Waals surface area contributed by atoms with E-state index in [0.29, 0.717) is 32.1 Å². The van der Waals surface area contributed by atoms with Crippen LogP contribution in [0.2, 0.25) is 0 Å². The van der Waals surface area contributed by atoms with E-state index in [2.05, 4.69) is 5.32 Å². The van der Waals surface area contributed by atoms with Crippen molar-refractivity contribution in [3.63, 3.8) is 0 Å². The number of halogens is 1. The number of anilines is 1. The van der Waals surface area contributed by atoms with Crippen molar-refractivity contribution in [2.24, 2.45) is 0 Å². The lowest BCUT2D eigenvalue weighted by Gasteiger charge is -2.09. The van der Waals surface area contributed by atoms with E-state index in [4.69, 9.17) is 14.2 Å². The number of esters is 1. The van der Waals surface area contributed by atoms with Crippen LogP contribution < -0.4 is 10.1 Å². The number of carbonyl (C=O) groups is 1. The molecule has 0 aliphatic carbocycles. The second-order valence-electron chi connectivity index (χ2n) is 3.86. The second-order valence-corrected chi connectivity index (χ2v) is 3.86. The highest BCUT2D eigenvalue weighted by atomic mass is 19.1. The molecule has 0 aromatic heterocycles. The Labute approximate surface area is 118 Å². The van der Waals surface area contributed by atoms with E-state index in [1.807, 2.05) is 0 Å². The van der Waals surface area contributed by atoms with Crippen LogP contribution in [0, 0.1) is 5.82 Å². The molecule has 1 N–H and O–H groups in total. The van der Waals surface area contributed by atoms with Gasteiger partial charge in [-0.15, -0.1) is 0 Å². The molecule has 6 heteroatoms. The first-order chi connectivity index (χ1) is 9.67. The average molecular weight is 285 g/mol. The van der Waals surface area contributed by atoms with Gasteiger partial charge in [0.1, 0.15) is 6.61 Å². The molecule has 0 atom stereocenters. The number of hydrogen-bond donors (Lipinski definition) is 1. The van der Waals surface area contributed by atoms with Crippen LogP contribution in [0.15, 0.2) is 18.2 Å². The van der Waals surface area contributed by atoms with Crippen molar-refractivity contribution in [3.05, 3.63) is 24.0 Å². The normalized spacial score (nSPS) is 10.2. The molecular formula is C14H20FNO4. The number of carbonyl (C=O) groups excluding carboxylic acids is 1. The van der Waals surface area contributed by atoms with Crippen LogP contribution in [-0.4, -0.2) is 38.9 Å². The van der Waals surface area contributed by atoms with Gasteiger partial charge in [-0.3, -0.25) is 0 Å². The van der Waals surface area contributed by atoms with E-state index in [1.165, 1.54) is 6.07 Å². The standard InChI is InChI=1S/C14H20FNO4/c1-3-19-13-6-5-11(9-12(13)15)16-7-8-18-10-14(17)20-4-2/h5-6,9,16H,3-4,7-8,10H2,1-2H3. The van der Waals surface area contributed by atoms with Crippen LogP contribution >= 0.6 is 0 Å². The first-order valence-corrected chi connectivity index (χ1v) is 6.57. The van der Waals surface area contributed by atoms with Gasteiger partial charge in [0.15, 0.2) is 11.6 Å². The maximum Gasteiger partial charge on any atom is 0.332 e. The smallest absolute Gasteiger partial charge is 0.332 e. The van der Waals surface area contributed by atoms with Crippen molar-refractivity contribution in [2.75, 3.05) is 38.3 Å². The lowest BCUT2D eigenvalue weighted by atomic mass is 10.3. The molecule has 5 nitrogen and oxygen atoms in total. The maximum absolute atomic E-state index is 13.5. The molecule has 0 bridgehead atoms. The predicted octanol–water partition coefficient (Wildman–Crippen LogP) is 2.22. The van der Waals surface area contributed by atoms with Gasteiger partial charge in [0.25, 0.3) is 0 Å². The molecule has 0 radical (unpaired) electrons. The van der Waals surface area contributed by atoms with Crippen LogP contribution in [-0.2, 0) is 14.3 Å². The zero-order valence-electron chi connectivity index (χ0n) is 11.8. The summed E-state index contributed by atoms with van der Waals surface area (Å²) >= 11 is 0. The average Bonchev–Trinajstić information content (AvgIpc) is 2.42. The Hall–Kier alpha value is -1.82. The van der Waals surface area contributed by atoms with E-state index in [-0.39, 0.29) is 18.3 Å². The van der Waals surface area contributed by atoms with Crippen LogP contribution in [0.5, 0.6) is 5.75 Å². The van der Waals surface area contributed by atoms with Crippen LogP contribution in [0.1, 0.15) is 13.8 Å². The summed E-state index contributed by atoms with van der Waals surface area (Å²) in [6.07, 6.45) is 0. The highest BCUT2D eigenvalue weighted by Gasteiger charge is 2.04. The third-order valence-electron chi connectivity index (χ3n) is 2.33. The predicted molar refractivity (Wildman–Crippen MR) is 73.5 cm³/mol. The number of nitrogens with one attached hydrogen (secondary N) is 1. The van der Waals surface area contributed by atoms with Crippen LogP contribution in [0.4, 0.5) is 10.1 Å². The topological polar surface area (TPSA) is 56.8 Å². The molecule has 1 rings (SSSR count). The lowest BCUT2D eigenvalue weighted by molar-refractivity contribution is -0.148. The minimum absolute atomic E-state index is 0.0762. The van der Waals surface area contributed by atoms with Gasteiger partial charge in [-0.05, 0) is 26.0 Å². The first-order valence-electron chi connectivity index (χ1n) is 6.57. The molecule has 0 saturated carbocycles. The van der Waals surface area contributed by atoms with E-state index < -0.39 is 5.82 Å². The molecular weight excluding hydrogens is 265 g/mol. The molecule has 0 fully saturated rings. The quantitative estimate of drug-likeness (QED) is 0.557. The third-order valence-corrected chi connectivity index (χ3v) is 2.33. The molecule has 0 unspecified atom stereocenters. The van der Waals surface area contributed by atoms with Gasteiger partial charge in [0.2, 0.25) is 0 Å². The summed E-state index contributed by atoms with van der Waals surface area (Å²) in [5, 5.41) is 2.99. The van der Waals surface area contributed by atoms with E-state index >= 15 is 0 Å². The van der Waals surface area contributed by atoms with Gasteiger partial charge in [-0.1, -0.05) is 0 Å². The van der Waals surface area contributed by atoms with Crippen molar-refractivity contribution < 1.29 is 23.4 Å². The van der Waals surface area contributed by atoms with Gasteiger partial charge in [-0.2, -0.15) is 0 Å². The van der Waals surface area contributed by atoms with Crippen molar-refractivity contribution in [2.45, 2.75) is 13.8 Å². The van der Waals surface area contributed by atoms with Gasteiger partial charge >= 0.3 is 5.97 Å². The Morgan fingerprint density at radius 2 is 2.10 bits per heavy atom. The zero-order valence-corrected chi connectivity index (χ0v) is 11.8. The summed E-state index contributed by atoms with van der Waals surface area (Å²) < 4.78 is 28.5. The largest absolute Gasteiger partial charge is 0.491 e. The number of ether oxygens (including phenoxy) is 3. The summed E-state index contributed by atoms with van der Waals surface area (Å²) in [6.45, 7) is 5.01. The fourth-order valence-corrected chi connectivity index (χ4v) is 1.51. The summed E-state index contributed by atoms with van der Waals surface area (Å²) in [7, 11) is 0. The number of hydrogen-bond acceptors (Lipinski definition) is 5. The van der Waals surface area contributed by atoms with Crippen LogP contribution in [0.3, 0.4) is 0 Å². The van der Waals surface area contributed by atoms with Crippen molar-refractivity contribution in [1.29, 1.82) is 0 Å². The minimum atomic E-state index is -0.413. The zero-order chi connectivity index (χ0) is 14.8. The van der Waals surface area contributed by atoms with E-state index in [1.54, 1.807) is 26.0 Å². The van der Waals surface area contributed by atoms with Crippen molar-refractivity contribution in [3.8, 4) is 5.75 Å². The van der Waals surface area contributed by atoms with E-state index in [9.17, 15) is 9.18 Å². The Morgan fingerprint density at radius 3 is 2.75 bits per heavy atom. The Bertz CT molecular complexity index is 426. The van der Waals surface area contributed by atoms with Crippen LogP contribution in [0.25, 0.3) is 0 Å². The van der Waals surface area contributed by atoms with Gasteiger partial charge in [0, 0.05) is 18.3 Å². The Kier molecular flexibility index (Phi) is 7.42. The minimum Gasteiger partial charge on any atom is -0.491 e. The van der Waals surface area contributed by atoms with Gasteiger partial charge < -0.3 is 19.5 Å². The summed E-state index contributed by atoms with van der Waals surface area (Å²) in [4.78, 5) is 11.0. The SMILES string of the molecule is CCOC(=O)COCCNc1ccc(OCC)c(F)c1. The molecule has 112 valence electrons. The lowest BCUT2D eigenvalue weighted by Crippen LogP contribution is -2.16. The molecule has 0 aliphatic rings. The fourth-order valence-electron chi connectivity index (χ4n) is 1.51. The second kappa shape index (κ2) is 9.14. The molecule has 1 aromatic carbocycles. The fraction of sp³-hybridized carbons (Fsp3) is 0.500. The Balaban J connectivity index is 2.25. The Morgan fingerprint density at radius 1 is 1.30 bits per heavy atom. The molecule has 0 heterocycles. The highest BCUT2D eigenvalue weighted by Crippen LogP contribution is 2.20. The molecule has 0 saturated heterocycles. The molecule has 0 amide bonds. The van der Waals surface area contributed by atoms with E-state index in [0.717, 1.165) is 0 Å². The number of rotatable bonds is 9. The number of benzene rings is 1. The summed E-state index contributed by atoms with van der Waals surface area (Å²) in [5.74, 6) is -0.569. The molecule has 20 heavy (non-hydrogen) atoms. The van der Waals surface area contributed by atoms with Gasteiger partial charge in [0.05, 0.1) is 19.8 Å². The highest BCUT2D eigenvalue weighted by molar-refractivity contribution is 5.70. The third kappa shape index (κ3) is 5.88. The maximum atomic E-state index is 13.5. The molecule has 0 spiro atoms. The van der Waals surface area contributed by atoms with Crippen molar-refractivity contribution >= 4 is 11.7 Å². The van der Waals surface area contributed by atoms with Gasteiger partial charge in [-0.25, -0.2) is 9.18 Å². The first kappa shape index (κ1) is 16.2. The summed E-state index contributed by atoms with van der Waals surface area (Å²) in [5.41, 5.74) is 0.630.